The second kappa shape index (κ2) is 7.70. The molecule has 2 N–H and O–H groups in total. The van der Waals surface area contributed by atoms with Crippen LogP contribution >= 0.6 is 23.2 Å². The number of benzene rings is 2. The smallest absolute Gasteiger partial charge is 0.326 e. The number of alkyl halides is 2. The first-order chi connectivity index (χ1) is 12.8. The highest BCUT2D eigenvalue weighted by Crippen LogP contribution is 2.53. The Morgan fingerprint density at radius 2 is 1.78 bits per heavy atom. The van der Waals surface area contributed by atoms with Gasteiger partial charge in [0.2, 0.25) is 0 Å². The van der Waals surface area contributed by atoms with Gasteiger partial charge in [0, 0.05) is 17.7 Å². The number of amides is 3. The van der Waals surface area contributed by atoms with Gasteiger partial charge in [-0.2, -0.15) is 0 Å². The summed E-state index contributed by atoms with van der Waals surface area (Å²) in [6.45, 7) is 0.327. The number of halogens is 4. The lowest BCUT2D eigenvalue weighted by Gasteiger charge is -2.10. The summed E-state index contributed by atoms with van der Waals surface area (Å²) >= 11 is 11.9. The van der Waals surface area contributed by atoms with E-state index in [2.05, 4.69) is 5.32 Å². The molecule has 142 valence electrons. The summed E-state index contributed by atoms with van der Waals surface area (Å²) in [4.78, 5) is 23.8. The molecule has 27 heavy (non-hydrogen) atoms. The highest BCUT2D eigenvalue weighted by Gasteiger charge is 2.52. The molecule has 1 fully saturated rings. The van der Waals surface area contributed by atoms with Crippen LogP contribution in [-0.2, 0) is 0 Å². The van der Waals surface area contributed by atoms with Crippen LogP contribution in [0.25, 0.3) is 0 Å². The summed E-state index contributed by atoms with van der Waals surface area (Å²) in [5.74, 6) is -2.81. The third-order valence-electron chi connectivity index (χ3n) is 3.92. The van der Waals surface area contributed by atoms with Crippen LogP contribution in [0, 0.1) is 17.6 Å². The number of hydrogen-bond donors (Lipinski definition) is 2. The lowest BCUT2D eigenvalue weighted by Crippen LogP contribution is -2.35. The minimum Gasteiger partial charge on any atom is -0.493 e. The van der Waals surface area contributed by atoms with Crippen molar-refractivity contribution in [3.63, 3.8) is 0 Å². The van der Waals surface area contributed by atoms with Gasteiger partial charge in [-0.15, -0.1) is 23.2 Å². The molecule has 0 radical (unpaired) electrons. The highest BCUT2D eigenvalue weighted by molar-refractivity contribution is 6.50. The van der Waals surface area contributed by atoms with Crippen molar-refractivity contribution in [2.75, 3.05) is 11.9 Å². The molecular formula is C18H14Cl2F2N2O3. The van der Waals surface area contributed by atoms with Crippen LogP contribution in [0.2, 0.25) is 0 Å². The van der Waals surface area contributed by atoms with Gasteiger partial charge in [0.05, 0.1) is 6.61 Å². The van der Waals surface area contributed by atoms with Gasteiger partial charge in [-0.25, -0.2) is 13.6 Å². The number of ether oxygens (including phenoxy) is 1. The Bertz CT molecular complexity index is 872. The normalized spacial score (nSPS) is 17.1. The van der Waals surface area contributed by atoms with E-state index in [9.17, 15) is 18.4 Å². The third kappa shape index (κ3) is 4.87. The molecule has 5 nitrogen and oxygen atoms in total. The molecule has 2 aromatic rings. The predicted octanol–water partition coefficient (Wildman–Crippen LogP) is 4.50. The first kappa shape index (κ1) is 19.4. The molecule has 1 atom stereocenters. The maximum absolute atomic E-state index is 13.6. The average Bonchev–Trinajstić information content (AvgIpc) is 3.20. The van der Waals surface area contributed by atoms with Crippen LogP contribution in [0.4, 0.5) is 19.3 Å². The number of carbonyl (C=O) groups is 2. The lowest BCUT2D eigenvalue weighted by atomic mass is 10.2. The average molecular weight is 415 g/mol. The Morgan fingerprint density at radius 1 is 1.15 bits per heavy atom. The zero-order chi connectivity index (χ0) is 19.6. The Morgan fingerprint density at radius 3 is 2.41 bits per heavy atom. The zero-order valence-corrected chi connectivity index (χ0v) is 15.3. The minimum atomic E-state index is -1.19. The summed E-state index contributed by atoms with van der Waals surface area (Å²) in [5, 5.41) is 4.27. The van der Waals surface area contributed by atoms with Crippen molar-refractivity contribution >= 4 is 40.8 Å². The van der Waals surface area contributed by atoms with Crippen LogP contribution in [-0.4, -0.2) is 22.9 Å². The molecule has 1 saturated carbocycles. The van der Waals surface area contributed by atoms with Crippen molar-refractivity contribution in [2.24, 2.45) is 5.92 Å². The van der Waals surface area contributed by atoms with Gasteiger partial charge in [-0.3, -0.25) is 10.1 Å². The van der Waals surface area contributed by atoms with E-state index in [1.54, 1.807) is 18.2 Å². The van der Waals surface area contributed by atoms with Crippen LogP contribution in [0.3, 0.4) is 0 Å². The number of urea groups is 1. The quantitative estimate of drug-likeness (QED) is 0.707. The first-order valence-corrected chi connectivity index (χ1v) is 8.69. The van der Waals surface area contributed by atoms with Gasteiger partial charge < -0.3 is 10.1 Å². The summed E-state index contributed by atoms with van der Waals surface area (Å²) in [6, 6.07) is 8.42. The minimum absolute atomic E-state index is 0.0361. The number of hydrogen-bond acceptors (Lipinski definition) is 3. The molecule has 3 amide bonds. The van der Waals surface area contributed by atoms with Crippen molar-refractivity contribution in [1.82, 2.24) is 5.32 Å². The van der Waals surface area contributed by atoms with Gasteiger partial charge >= 0.3 is 6.03 Å². The van der Waals surface area contributed by atoms with Crippen molar-refractivity contribution in [2.45, 2.75) is 10.8 Å². The maximum Gasteiger partial charge on any atom is 0.326 e. The largest absolute Gasteiger partial charge is 0.493 e. The summed E-state index contributed by atoms with van der Waals surface area (Å²) in [7, 11) is 0. The monoisotopic (exact) mass is 414 g/mol. The van der Waals surface area contributed by atoms with Crippen molar-refractivity contribution in [3.8, 4) is 5.75 Å². The SMILES string of the molecule is O=C(NC(=O)c1c(F)cccc1F)Nc1cccc(OCC2CC2(Cl)Cl)c1. The summed E-state index contributed by atoms with van der Waals surface area (Å²) < 4.78 is 32.0. The molecule has 2 aromatic carbocycles. The molecule has 0 bridgehead atoms. The molecule has 1 aliphatic rings. The van der Waals surface area contributed by atoms with E-state index in [1.165, 1.54) is 6.07 Å². The number of carbonyl (C=O) groups excluding carboxylic acids is 2. The van der Waals surface area contributed by atoms with Crippen molar-refractivity contribution in [3.05, 3.63) is 59.7 Å². The molecule has 9 heteroatoms. The van der Waals surface area contributed by atoms with Gasteiger partial charge in [0.1, 0.15) is 27.3 Å². The zero-order valence-electron chi connectivity index (χ0n) is 13.8. The fraction of sp³-hybridized carbons (Fsp3) is 0.222. The van der Waals surface area contributed by atoms with Crippen LogP contribution in [0.1, 0.15) is 16.8 Å². The number of anilines is 1. The second-order valence-electron chi connectivity index (χ2n) is 6.01. The van der Waals surface area contributed by atoms with E-state index in [1.807, 2.05) is 5.32 Å². The molecule has 0 heterocycles. The van der Waals surface area contributed by atoms with Crippen molar-refractivity contribution < 1.29 is 23.1 Å². The van der Waals surface area contributed by atoms with E-state index in [0.29, 0.717) is 24.5 Å². The standard InChI is InChI=1S/C18H14Cl2F2N2O3/c19-18(20)8-10(18)9-27-12-4-1-3-11(7-12)23-17(26)24-16(25)15-13(21)5-2-6-14(15)22/h1-7,10H,8-9H2,(H2,23,24,25,26). The third-order valence-corrected chi connectivity index (χ3v) is 4.84. The van der Waals surface area contributed by atoms with E-state index >= 15 is 0 Å². The fourth-order valence-corrected chi connectivity index (χ4v) is 2.85. The van der Waals surface area contributed by atoms with Crippen molar-refractivity contribution in [1.29, 1.82) is 0 Å². The summed E-state index contributed by atoms with van der Waals surface area (Å²) in [5.41, 5.74) is -0.509. The van der Waals surface area contributed by atoms with E-state index in [-0.39, 0.29) is 5.92 Å². The Hall–Kier alpha value is -2.38. The van der Waals surface area contributed by atoms with E-state index < -0.39 is 33.5 Å². The fourth-order valence-electron chi connectivity index (χ4n) is 2.35. The van der Waals surface area contributed by atoms with Gasteiger partial charge in [0.15, 0.2) is 0 Å². The topological polar surface area (TPSA) is 67.4 Å². The Labute approximate surface area is 163 Å². The second-order valence-corrected chi connectivity index (χ2v) is 7.55. The molecule has 0 spiro atoms. The van der Waals surface area contributed by atoms with Crippen LogP contribution in [0.15, 0.2) is 42.5 Å². The molecule has 0 aromatic heterocycles. The number of rotatable bonds is 5. The van der Waals surface area contributed by atoms with E-state index in [4.69, 9.17) is 27.9 Å². The van der Waals surface area contributed by atoms with Crippen LogP contribution < -0.4 is 15.4 Å². The molecule has 0 aliphatic heterocycles. The first-order valence-electron chi connectivity index (χ1n) is 7.93. The summed E-state index contributed by atoms with van der Waals surface area (Å²) in [6.07, 6.45) is 0.644. The number of nitrogens with one attached hydrogen (secondary N) is 2. The van der Waals surface area contributed by atoms with Gasteiger partial charge in [-0.1, -0.05) is 12.1 Å². The molecule has 1 aliphatic carbocycles. The Balaban J connectivity index is 1.57. The van der Waals surface area contributed by atoms with Gasteiger partial charge in [0.25, 0.3) is 5.91 Å². The molecular weight excluding hydrogens is 401 g/mol. The molecule has 1 unspecified atom stereocenters. The highest BCUT2D eigenvalue weighted by atomic mass is 35.5. The maximum atomic E-state index is 13.6. The predicted molar refractivity (Wildman–Crippen MR) is 97.3 cm³/mol. The van der Waals surface area contributed by atoms with Gasteiger partial charge in [-0.05, 0) is 30.7 Å². The Kier molecular flexibility index (Phi) is 5.53. The van der Waals surface area contributed by atoms with Crippen LogP contribution in [0.5, 0.6) is 5.75 Å². The number of imide groups is 1. The van der Waals surface area contributed by atoms with E-state index in [0.717, 1.165) is 18.2 Å². The molecule has 0 saturated heterocycles. The lowest BCUT2D eigenvalue weighted by molar-refractivity contribution is 0.0959. The molecule has 3 rings (SSSR count).